The van der Waals surface area contributed by atoms with E-state index in [2.05, 4.69) is 20.3 Å². The second-order valence-corrected chi connectivity index (χ2v) is 7.81. The van der Waals surface area contributed by atoms with Gasteiger partial charge >= 0.3 is 0 Å². The number of imidazole rings is 1. The Morgan fingerprint density at radius 2 is 1.89 bits per heavy atom. The van der Waals surface area contributed by atoms with Crippen molar-refractivity contribution in [3.63, 3.8) is 0 Å². The van der Waals surface area contributed by atoms with Gasteiger partial charge in [-0.15, -0.1) is 11.3 Å². The Morgan fingerprint density at radius 1 is 1.14 bits per heavy atom. The summed E-state index contributed by atoms with van der Waals surface area (Å²) in [5, 5.41) is 4.14. The number of hydrogen-bond acceptors (Lipinski definition) is 5. The molecule has 3 aromatic heterocycles. The summed E-state index contributed by atoms with van der Waals surface area (Å²) < 4.78 is 1.93. The number of aryl methyl sites for hydroxylation is 4. The Balaban J connectivity index is 1.75. The highest BCUT2D eigenvalue weighted by Crippen LogP contribution is 2.32. The Hall–Kier alpha value is -3.06. The van der Waals surface area contributed by atoms with Gasteiger partial charge in [0.1, 0.15) is 22.5 Å². The number of benzene rings is 1. The maximum Gasteiger partial charge on any atom is 0.262 e. The molecule has 0 aliphatic rings. The van der Waals surface area contributed by atoms with Crippen molar-refractivity contribution in [2.45, 2.75) is 26.8 Å². The fraction of sp³-hybridized carbons (Fsp3) is 0.238. The Kier molecular flexibility index (Phi) is 4.68. The average molecular weight is 392 g/mol. The molecule has 0 saturated heterocycles. The van der Waals surface area contributed by atoms with Gasteiger partial charge in [0, 0.05) is 30.5 Å². The number of amides is 1. The minimum absolute atomic E-state index is 0.130. The molecule has 0 fully saturated rings. The molecule has 0 saturated carbocycles. The summed E-state index contributed by atoms with van der Waals surface area (Å²) in [4.78, 5) is 28.2. The number of carbonyl (C=O) groups is 1. The van der Waals surface area contributed by atoms with E-state index in [1.54, 1.807) is 6.20 Å². The van der Waals surface area contributed by atoms with E-state index < -0.39 is 0 Å². The highest BCUT2D eigenvalue weighted by Gasteiger charge is 2.24. The molecule has 0 bridgehead atoms. The van der Waals surface area contributed by atoms with Gasteiger partial charge in [0.25, 0.3) is 5.91 Å². The molecule has 0 radical (unpaired) electrons. The summed E-state index contributed by atoms with van der Waals surface area (Å²) in [5.74, 6) is 1.37. The van der Waals surface area contributed by atoms with Crippen LogP contribution in [0.25, 0.3) is 10.2 Å². The average Bonchev–Trinajstić information content (AvgIpc) is 3.23. The number of aromatic nitrogens is 4. The first kappa shape index (κ1) is 18.3. The number of nitrogens with one attached hydrogen (secondary N) is 1. The van der Waals surface area contributed by atoms with Gasteiger partial charge in [0.15, 0.2) is 0 Å². The van der Waals surface area contributed by atoms with Crippen LogP contribution in [0.5, 0.6) is 0 Å². The minimum Gasteiger partial charge on any atom is -0.337 e. The molecule has 1 atom stereocenters. The molecule has 0 aliphatic heterocycles. The number of hydrogen-bond donors (Lipinski definition) is 1. The topological polar surface area (TPSA) is 72.7 Å². The molecule has 1 amide bonds. The number of carbonyl (C=O) groups excluding carboxylic acids is 1. The first-order valence-electron chi connectivity index (χ1n) is 9.03. The summed E-state index contributed by atoms with van der Waals surface area (Å²) in [6.45, 7) is 5.78. The van der Waals surface area contributed by atoms with Crippen molar-refractivity contribution in [3.05, 3.63) is 76.1 Å². The molecule has 4 rings (SSSR count). The third kappa shape index (κ3) is 3.18. The van der Waals surface area contributed by atoms with Crippen molar-refractivity contribution in [1.82, 2.24) is 24.8 Å². The lowest BCUT2D eigenvalue weighted by Crippen LogP contribution is -2.31. The van der Waals surface area contributed by atoms with E-state index >= 15 is 0 Å². The predicted octanol–water partition coefficient (Wildman–Crippen LogP) is 3.87. The van der Waals surface area contributed by atoms with Gasteiger partial charge in [-0.2, -0.15) is 0 Å². The second kappa shape index (κ2) is 7.16. The predicted molar refractivity (Wildman–Crippen MR) is 111 cm³/mol. The smallest absolute Gasteiger partial charge is 0.262 e. The van der Waals surface area contributed by atoms with Crippen LogP contribution in [-0.4, -0.2) is 25.4 Å². The van der Waals surface area contributed by atoms with Crippen LogP contribution in [0.3, 0.4) is 0 Å². The summed E-state index contributed by atoms with van der Waals surface area (Å²) in [5.41, 5.74) is 2.80. The van der Waals surface area contributed by atoms with Crippen LogP contribution in [-0.2, 0) is 7.05 Å². The summed E-state index contributed by atoms with van der Waals surface area (Å²) in [7, 11) is 1.93. The van der Waals surface area contributed by atoms with Crippen molar-refractivity contribution >= 4 is 27.5 Å². The van der Waals surface area contributed by atoms with Crippen molar-refractivity contribution in [3.8, 4) is 0 Å². The van der Waals surface area contributed by atoms with E-state index in [1.165, 1.54) is 11.3 Å². The van der Waals surface area contributed by atoms with Gasteiger partial charge in [-0.3, -0.25) is 4.79 Å². The minimum atomic E-state index is -0.341. The number of fused-ring (bicyclic) bond motifs is 1. The molecule has 28 heavy (non-hydrogen) atoms. The van der Waals surface area contributed by atoms with E-state index in [4.69, 9.17) is 0 Å². The first-order valence-corrected chi connectivity index (χ1v) is 9.84. The summed E-state index contributed by atoms with van der Waals surface area (Å²) in [6.07, 6.45) is 3.62. The largest absolute Gasteiger partial charge is 0.337 e. The molecule has 1 N–H and O–H groups in total. The van der Waals surface area contributed by atoms with Crippen molar-refractivity contribution in [2.75, 3.05) is 0 Å². The zero-order valence-electron chi connectivity index (χ0n) is 16.2. The number of nitrogens with zero attached hydrogens (tertiary/aromatic N) is 4. The molecule has 4 aromatic rings. The van der Waals surface area contributed by atoms with Gasteiger partial charge in [0.05, 0.1) is 4.88 Å². The standard InChI is InChI=1S/C21H21N5OS/c1-12-16-13(2)23-14(3)24-21(16)28-18(12)20(27)25-17(15-8-6-5-7-9-15)19-22-10-11-26(19)4/h5-11,17H,1-4H3,(H,25,27). The van der Waals surface area contributed by atoms with Crippen molar-refractivity contribution in [1.29, 1.82) is 0 Å². The van der Waals surface area contributed by atoms with Gasteiger partial charge in [-0.05, 0) is 31.9 Å². The van der Waals surface area contributed by atoms with E-state index in [-0.39, 0.29) is 11.9 Å². The van der Waals surface area contributed by atoms with Crippen LogP contribution in [0, 0.1) is 20.8 Å². The van der Waals surface area contributed by atoms with Gasteiger partial charge in [-0.1, -0.05) is 30.3 Å². The summed E-state index contributed by atoms with van der Waals surface area (Å²) >= 11 is 1.41. The highest BCUT2D eigenvalue weighted by molar-refractivity contribution is 7.20. The van der Waals surface area contributed by atoms with E-state index in [0.29, 0.717) is 10.7 Å². The Morgan fingerprint density at radius 3 is 2.57 bits per heavy atom. The molecule has 3 heterocycles. The quantitative estimate of drug-likeness (QED) is 0.573. The maximum absolute atomic E-state index is 13.2. The van der Waals surface area contributed by atoms with Crippen molar-refractivity contribution in [2.24, 2.45) is 7.05 Å². The molecular formula is C21H21N5OS. The van der Waals surface area contributed by atoms with Gasteiger partial charge in [-0.25, -0.2) is 15.0 Å². The van der Waals surface area contributed by atoms with E-state index in [9.17, 15) is 4.79 Å². The van der Waals surface area contributed by atoms with Gasteiger partial charge in [0.2, 0.25) is 0 Å². The molecule has 1 aromatic carbocycles. The fourth-order valence-corrected chi connectivity index (χ4v) is 4.67. The third-order valence-electron chi connectivity index (χ3n) is 4.81. The molecule has 0 spiro atoms. The van der Waals surface area contributed by atoms with Crippen LogP contribution in [0.15, 0.2) is 42.7 Å². The highest BCUT2D eigenvalue weighted by atomic mass is 32.1. The lowest BCUT2D eigenvalue weighted by Gasteiger charge is -2.19. The Bertz CT molecular complexity index is 1160. The zero-order valence-corrected chi connectivity index (χ0v) is 17.0. The number of rotatable bonds is 4. The molecule has 142 valence electrons. The maximum atomic E-state index is 13.2. The SMILES string of the molecule is Cc1nc(C)c2c(C)c(C(=O)NC(c3ccccc3)c3nccn3C)sc2n1. The van der Waals surface area contributed by atoms with Crippen molar-refractivity contribution < 1.29 is 4.79 Å². The molecule has 6 nitrogen and oxygen atoms in total. The van der Waals surface area contributed by atoms with E-state index in [0.717, 1.165) is 32.9 Å². The fourth-order valence-electron chi connectivity index (χ4n) is 3.48. The zero-order chi connectivity index (χ0) is 19.8. The normalized spacial score (nSPS) is 12.3. The van der Waals surface area contributed by atoms with Crippen LogP contribution in [0.4, 0.5) is 0 Å². The molecule has 0 aliphatic carbocycles. The van der Waals surface area contributed by atoms with Crippen LogP contribution < -0.4 is 5.32 Å². The van der Waals surface area contributed by atoms with E-state index in [1.807, 2.05) is 68.9 Å². The second-order valence-electron chi connectivity index (χ2n) is 6.81. The molecule has 1 unspecified atom stereocenters. The summed E-state index contributed by atoms with van der Waals surface area (Å²) in [6, 6.07) is 9.54. The molecule has 7 heteroatoms. The van der Waals surface area contributed by atoms with Crippen LogP contribution in [0.1, 0.15) is 44.2 Å². The number of thiophene rings is 1. The lowest BCUT2D eigenvalue weighted by atomic mass is 10.1. The van der Waals surface area contributed by atoms with Gasteiger partial charge < -0.3 is 9.88 Å². The third-order valence-corrected chi connectivity index (χ3v) is 6.00. The van der Waals surface area contributed by atoms with Crippen LogP contribution >= 0.6 is 11.3 Å². The monoisotopic (exact) mass is 391 g/mol. The van der Waals surface area contributed by atoms with Crippen LogP contribution in [0.2, 0.25) is 0 Å². The lowest BCUT2D eigenvalue weighted by molar-refractivity contribution is 0.0945. The molecular weight excluding hydrogens is 370 g/mol. The first-order chi connectivity index (χ1) is 13.5. The Labute approximate surface area is 167 Å².